The number of amides is 1. The van der Waals surface area contributed by atoms with E-state index in [0.717, 1.165) is 16.7 Å². The van der Waals surface area contributed by atoms with Gasteiger partial charge in [-0.1, -0.05) is 65.7 Å². The zero-order valence-corrected chi connectivity index (χ0v) is 22.2. The fourth-order valence-electron chi connectivity index (χ4n) is 4.75. The van der Waals surface area contributed by atoms with Crippen LogP contribution in [-0.2, 0) is 16.0 Å². The molecule has 1 heterocycles. The van der Waals surface area contributed by atoms with E-state index in [4.69, 9.17) is 39.1 Å². The van der Waals surface area contributed by atoms with E-state index in [9.17, 15) is 14.7 Å². The van der Waals surface area contributed by atoms with E-state index >= 15 is 0 Å². The molecule has 1 aliphatic rings. The maximum atomic E-state index is 13.0. The number of rotatable bonds is 11. The number of hydrogen-bond donors (Lipinski definition) is 3. The first-order chi connectivity index (χ1) is 18.2. The van der Waals surface area contributed by atoms with Gasteiger partial charge in [0.15, 0.2) is 0 Å². The van der Waals surface area contributed by atoms with E-state index < -0.39 is 11.9 Å². The molecular formula is C29H29Cl2N3O4. The van der Waals surface area contributed by atoms with Crippen molar-refractivity contribution in [3.63, 3.8) is 0 Å². The SMILES string of the molecule is N=C(N)c1ccc(-c2ccc(OC[C@@H]3C[C@@H](CC(=O)O)C(=O)N3CCCc3ccc(Cl)cc3Cl)cc2)cc1. The Morgan fingerprint density at radius 1 is 1.05 bits per heavy atom. The molecule has 7 nitrogen and oxygen atoms in total. The first-order valence-electron chi connectivity index (χ1n) is 12.3. The number of hydrogen-bond acceptors (Lipinski definition) is 4. The lowest BCUT2D eigenvalue weighted by atomic mass is 10.0. The number of carbonyl (C=O) groups excluding carboxylic acids is 1. The Morgan fingerprint density at radius 3 is 2.32 bits per heavy atom. The second-order valence-corrected chi connectivity index (χ2v) is 10.2. The number of nitrogen functional groups attached to an aromatic ring is 1. The van der Waals surface area contributed by atoms with Crippen LogP contribution in [0, 0.1) is 11.3 Å². The molecule has 0 spiro atoms. The van der Waals surface area contributed by atoms with E-state index in [1.807, 2.05) is 54.6 Å². The van der Waals surface area contributed by atoms with Gasteiger partial charge in [0.1, 0.15) is 18.2 Å². The molecule has 38 heavy (non-hydrogen) atoms. The van der Waals surface area contributed by atoms with Crippen LogP contribution in [0.3, 0.4) is 0 Å². The minimum absolute atomic E-state index is 0.0270. The minimum Gasteiger partial charge on any atom is -0.491 e. The van der Waals surface area contributed by atoms with Crippen LogP contribution in [0.15, 0.2) is 66.7 Å². The summed E-state index contributed by atoms with van der Waals surface area (Å²) in [5.41, 5.74) is 9.13. The van der Waals surface area contributed by atoms with Gasteiger partial charge in [0, 0.05) is 22.2 Å². The molecule has 1 saturated heterocycles. The summed E-state index contributed by atoms with van der Waals surface area (Å²) in [5, 5.41) is 17.9. The number of ether oxygens (including phenoxy) is 1. The summed E-state index contributed by atoms with van der Waals surface area (Å²) in [5.74, 6) is -0.992. The van der Waals surface area contributed by atoms with Crippen molar-refractivity contribution in [1.29, 1.82) is 5.41 Å². The summed E-state index contributed by atoms with van der Waals surface area (Å²) >= 11 is 12.3. The number of likely N-dealkylation sites (tertiary alicyclic amines) is 1. The number of benzene rings is 3. The summed E-state index contributed by atoms with van der Waals surface area (Å²) in [6.07, 6.45) is 1.60. The highest BCUT2D eigenvalue weighted by Gasteiger charge is 2.40. The van der Waals surface area contributed by atoms with Crippen molar-refractivity contribution in [3.05, 3.63) is 87.9 Å². The molecule has 0 bridgehead atoms. The monoisotopic (exact) mass is 553 g/mol. The molecule has 0 aliphatic carbocycles. The predicted octanol–water partition coefficient (Wildman–Crippen LogP) is 5.65. The number of carbonyl (C=O) groups is 2. The summed E-state index contributed by atoms with van der Waals surface area (Å²) in [4.78, 5) is 26.1. The Labute approximate surface area is 231 Å². The van der Waals surface area contributed by atoms with Crippen molar-refractivity contribution < 1.29 is 19.4 Å². The van der Waals surface area contributed by atoms with Crippen LogP contribution in [0.1, 0.15) is 30.4 Å². The predicted molar refractivity (Wildman–Crippen MR) is 149 cm³/mol. The fourth-order valence-corrected chi connectivity index (χ4v) is 5.25. The number of aryl methyl sites for hydroxylation is 1. The third kappa shape index (κ3) is 6.85. The van der Waals surface area contributed by atoms with Crippen LogP contribution in [-0.4, -0.2) is 46.9 Å². The van der Waals surface area contributed by atoms with Crippen molar-refractivity contribution in [2.45, 2.75) is 31.7 Å². The molecule has 4 N–H and O–H groups in total. The van der Waals surface area contributed by atoms with Crippen molar-refractivity contribution in [3.8, 4) is 16.9 Å². The van der Waals surface area contributed by atoms with Gasteiger partial charge in [-0.25, -0.2) is 0 Å². The van der Waals surface area contributed by atoms with Gasteiger partial charge in [-0.3, -0.25) is 15.0 Å². The van der Waals surface area contributed by atoms with Crippen LogP contribution in [0.25, 0.3) is 11.1 Å². The minimum atomic E-state index is -0.982. The van der Waals surface area contributed by atoms with Gasteiger partial charge >= 0.3 is 5.97 Å². The number of amidine groups is 1. The molecule has 1 amide bonds. The molecule has 3 aromatic carbocycles. The topological polar surface area (TPSA) is 117 Å². The maximum Gasteiger partial charge on any atom is 0.304 e. The maximum absolute atomic E-state index is 13.0. The largest absolute Gasteiger partial charge is 0.491 e. The molecule has 0 saturated carbocycles. The molecule has 198 valence electrons. The quantitative estimate of drug-likeness (QED) is 0.209. The lowest BCUT2D eigenvalue weighted by Gasteiger charge is -2.25. The normalized spacial score (nSPS) is 17.0. The summed E-state index contributed by atoms with van der Waals surface area (Å²) in [7, 11) is 0. The van der Waals surface area contributed by atoms with Crippen molar-refractivity contribution in [2.24, 2.45) is 11.7 Å². The van der Waals surface area contributed by atoms with Crippen LogP contribution in [0.4, 0.5) is 0 Å². The number of halogens is 2. The van der Waals surface area contributed by atoms with E-state index in [2.05, 4.69) is 0 Å². The second-order valence-electron chi connectivity index (χ2n) is 9.38. The van der Waals surface area contributed by atoms with E-state index in [-0.39, 0.29) is 30.8 Å². The average molecular weight is 554 g/mol. The molecule has 0 unspecified atom stereocenters. The number of nitrogens with two attached hydrogens (primary N) is 1. The second kappa shape index (κ2) is 12.3. The molecule has 0 aromatic heterocycles. The molecule has 0 radical (unpaired) electrons. The van der Waals surface area contributed by atoms with Gasteiger partial charge < -0.3 is 20.5 Å². The Kier molecular flexibility index (Phi) is 8.92. The van der Waals surface area contributed by atoms with E-state index in [1.54, 1.807) is 17.0 Å². The standard InChI is InChI=1S/C29H29Cl2N3O4/c30-23-10-7-20(26(31)16-23)2-1-13-34-24(14-22(29(34)37)15-27(35)36)17-38-25-11-8-19(9-12-25)18-3-5-21(6-4-18)28(32)33/h3-12,16,22,24H,1-2,13-15,17H2,(H3,32,33)(H,35,36)/t22-,24-/m0/s1. The van der Waals surface area contributed by atoms with E-state index in [1.165, 1.54) is 0 Å². The smallest absolute Gasteiger partial charge is 0.304 e. The molecule has 4 rings (SSSR count). The summed E-state index contributed by atoms with van der Waals surface area (Å²) in [6, 6.07) is 20.2. The lowest BCUT2D eigenvalue weighted by Crippen LogP contribution is -2.38. The number of nitrogens with zero attached hydrogens (tertiary/aromatic N) is 1. The molecule has 1 fully saturated rings. The first-order valence-corrected chi connectivity index (χ1v) is 13.1. The zero-order valence-electron chi connectivity index (χ0n) is 20.7. The third-order valence-electron chi connectivity index (χ3n) is 6.74. The van der Waals surface area contributed by atoms with Crippen LogP contribution in [0.2, 0.25) is 10.0 Å². The fraction of sp³-hybridized carbons (Fsp3) is 0.276. The van der Waals surface area contributed by atoms with Crippen LogP contribution >= 0.6 is 23.2 Å². The first kappa shape index (κ1) is 27.5. The van der Waals surface area contributed by atoms with Crippen molar-refractivity contribution >= 4 is 40.9 Å². The third-order valence-corrected chi connectivity index (χ3v) is 7.32. The lowest BCUT2D eigenvalue weighted by molar-refractivity contribution is -0.142. The Hall–Kier alpha value is -3.55. The molecule has 9 heteroatoms. The van der Waals surface area contributed by atoms with Gasteiger partial charge in [-0.2, -0.15) is 0 Å². The van der Waals surface area contributed by atoms with Crippen molar-refractivity contribution in [1.82, 2.24) is 4.90 Å². The van der Waals surface area contributed by atoms with Gasteiger partial charge in [-0.05, 0) is 60.2 Å². The molecular weight excluding hydrogens is 525 g/mol. The highest BCUT2D eigenvalue weighted by molar-refractivity contribution is 6.35. The van der Waals surface area contributed by atoms with Gasteiger partial charge in [-0.15, -0.1) is 0 Å². The summed E-state index contributed by atoms with van der Waals surface area (Å²) < 4.78 is 6.04. The van der Waals surface area contributed by atoms with Gasteiger partial charge in [0.05, 0.1) is 18.4 Å². The van der Waals surface area contributed by atoms with Gasteiger partial charge in [0.25, 0.3) is 0 Å². The highest BCUT2D eigenvalue weighted by Crippen LogP contribution is 2.30. The van der Waals surface area contributed by atoms with E-state index in [0.29, 0.717) is 47.2 Å². The Bertz CT molecular complexity index is 1310. The average Bonchev–Trinajstić information content (AvgIpc) is 3.18. The Morgan fingerprint density at radius 2 is 1.71 bits per heavy atom. The van der Waals surface area contributed by atoms with Crippen molar-refractivity contribution in [2.75, 3.05) is 13.2 Å². The Balaban J connectivity index is 1.38. The highest BCUT2D eigenvalue weighted by atomic mass is 35.5. The molecule has 3 aromatic rings. The van der Waals surface area contributed by atoms with Crippen LogP contribution in [0.5, 0.6) is 5.75 Å². The number of aliphatic carboxylic acids is 1. The molecule has 2 atom stereocenters. The molecule has 1 aliphatic heterocycles. The van der Waals surface area contributed by atoms with Gasteiger partial charge in [0.2, 0.25) is 5.91 Å². The zero-order chi connectivity index (χ0) is 27.2. The number of nitrogens with one attached hydrogen (secondary N) is 1. The number of carboxylic acid groups (broad SMARTS) is 1. The summed E-state index contributed by atoms with van der Waals surface area (Å²) in [6.45, 7) is 0.757. The van der Waals surface area contributed by atoms with Crippen LogP contribution < -0.4 is 10.5 Å². The number of carboxylic acids is 1.